The van der Waals surface area contributed by atoms with Crippen LogP contribution in [0.1, 0.15) is 51.9 Å². The van der Waals surface area contributed by atoms with Gasteiger partial charge in [-0.3, -0.25) is 4.90 Å². The third kappa shape index (κ3) is 2.38. The van der Waals surface area contributed by atoms with Gasteiger partial charge in [-0.05, 0) is 45.7 Å². The number of hydrogen-bond acceptors (Lipinski definition) is 1. The number of likely N-dealkylation sites (tertiary alicyclic amines) is 1. The minimum absolute atomic E-state index is 0. The molecule has 1 heterocycles. The van der Waals surface area contributed by atoms with Crippen LogP contribution in [-0.2, 0) is 0 Å². The van der Waals surface area contributed by atoms with Gasteiger partial charge in [-0.1, -0.05) is 19.3 Å². The first-order chi connectivity index (χ1) is 5.81. The van der Waals surface area contributed by atoms with Gasteiger partial charge in [0.05, 0.1) is 0 Å². The van der Waals surface area contributed by atoms with Crippen LogP contribution in [0.25, 0.3) is 0 Å². The first-order valence-electron chi connectivity index (χ1n) is 5.56. The molecule has 78 valence electrons. The fourth-order valence-electron chi connectivity index (χ4n) is 2.89. The average Bonchev–Trinajstić information content (AvgIpc) is 2.55. The van der Waals surface area contributed by atoms with Crippen molar-refractivity contribution in [2.75, 3.05) is 13.1 Å². The maximum atomic E-state index is 2.75. The zero-order chi connectivity index (χ0) is 8.44. The highest BCUT2D eigenvalue weighted by molar-refractivity contribution is 5.85. The van der Waals surface area contributed by atoms with Crippen LogP contribution < -0.4 is 0 Å². The molecule has 0 aromatic rings. The van der Waals surface area contributed by atoms with Gasteiger partial charge in [0.15, 0.2) is 0 Å². The minimum Gasteiger partial charge on any atom is -0.298 e. The summed E-state index contributed by atoms with van der Waals surface area (Å²) in [5, 5.41) is 0. The van der Waals surface area contributed by atoms with E-state index in [1.54, 1.807) is 0 Å². The zero-order valence-corrected chi connectivity index (χ0v) is 9.54. The molecule has 2 heteroatoms. The van der Waals surface area contributed by atoms with Crippen LogP contribution in [0.5, 0.6) is 0 Å². The van der Waals surface area contributed by atoms with Crippen LogP contribution in [-0.4, -0.2) is 23.5 Å². The van der Waals surface area contributed by atoms with Crippen molar-refractivity contribution >= 4 is 12.4 Å². The molecule has 0 aromatic heterocycles. The Kier molecular flexibility index (Phi) is 4.06. The van der Waals surface area contributed by atoms with Crippen LogP contribution in [0.2, 0.25) is 0 Å². The molecule has 1 aliphatic heterocycles. The normalized spacial score (nSPS) is 28.4. The molecule has 0 amide bonds. The Bertz CT molecular complexity index is 146. The number of rotatable bonds is 1. The Morgan fingerprint density at radius 3 is 1.92 bits per heavy atom. The number of piperidine rings is 1. The van der Waals surface area contributed by atoms with E-state index in [0.717, 1.165) is 0 Å². The van der Waals surface area contributed by atoms with Crippen molar-refractivity contribution in [3.63, 3.8) is 0 Å². The summed E-state index contributed by atoms with van der Waals surface area (Å²) in [4.78, 5) is 2.75. The summed E-state index contributed by atoms with van der Waals surface area (Å²) in [6.07, 6.45) is 10.2. The Balaban J connectivity index is 0.000000845. The second-order valence-electron chi connectivity index (χ2n) is 4.75. The van der Waals surface area contributed by atoms with E-state index in [1.807, 2.05) is 0 Å². The molecule has 1 nitrogen and oxygen atoms in total. The summed E-state index contributed by atoms with van der Waals surface area (Å²) in [7, 11) is 0. The van der Waals surface area contributed by atoms with Crippen LogP contribution in [0.15, 0.2) is 0 Å². The Morgan fingerprint density at radius 1 is 0.846 bits per heavy atom. The Hall–Kier alpha value is 0.250. The maximum absolute atomic E-state index is 2.75. The van der Waals surface area contributed by atoms with Crippen LogP contribution >= 0.6 is 12.4 Å². The molecule has 0 N–H and O–H groups in total. The molecule has 2 aliphatic rings. The lowest BCUT2D eigenvalue weighted by Crippen LogP contribution is -2.46. The molecule has 0 bridgehead atoms. The van der Waals surface area contributed by atoms with E-state index < -0.39 is 0 Å². The van der Waals surface area contributed by atoms with E-state index in [4.69, 9.17) is 0 Å². The predicted molar refractivity (Wildman–Crippen MR) is 59.5 cm³/mol. The van der Waals surface area contributed by atoms with Gasteiger partial charge in [0.1, 0.15) is 0 Å². The summed E-state index contributed by atoms with van der Waals surface area (Å²) >= 11 is 0. The SMILES string of the molecule is CC1(N2CCCCC2)CCCC1.Cl. The first-order valence-corrected chi connectivity index (χ1v) is 5.56. The van der Waals surface area contributed by atoms with Gasteiger partial charge in [0.25, 0.3) is 0 Å². The van der Waals surface area contributed by atoms with E-state index in [2.05, 4.69) is 11.8 Å². The second kappa shape index (κ2) is 4.65. The quantitative estimate of drug-likeness (QED) is 0.633. The van der Waals surface area contributed by atoms with Crippen LogP contribution in [0.3, 0.4) is 0 Å². The van der Waals surface area contributed by atoms with Crippen molar-refractivity contribution in [2.45, 2.75) is 57.4 Å². The van der Waals surface area contributed by atoms with Crippen molar-refractivity contribution in [1.82, 2.24) is 4.90 Å². The molecule has 1 saturated carbocycles. The lowest BCUT2D eigenvalue weighted by atomic mass is 9.95. The fraction of sp³-hybridized carbons (Fsp3) is 1.00. The maximum Gasteiger partial charge on any atom is 0.0181 e. The first kappa shape index (κ1) is 11.3. The summed E-state index contributed by atoms with van der Waals surface area (Å²) in [6, 6.07) is 0. The molecule has 2 fully saturated rings. The van der Waals surface area contributed by atoms with Gasteiger partial charge in [-0.25, -0.2) is 0 Å². The number of nitrogens with zero attached hydrogens (tertiary/aromatic N) is 1. The highest BCUT2D eigenvalue weighted by Crippen LogP contribution is 2.36. The number of halogens is 1. The molecular weight excluding hydrogens is 182 g/mol. The molecular formula is C11H22ClN. The lowest BCUT2D eigenvalue weighted by molar-refractivity contribution is 0.0860. The van der Waals surface area contributed by atoms with Crippen molar-refractivity contribution in [3.05, 3.63) is 0 Å². The summed E-state index contributed by atoms with van der Waals surface area (Å²) < 4.78 is 0. The minimum atomic E-state index is 0. The molecule has 1 saturated heterocycles. The number of hydrogen-bond donors (Lipinski definition) is 0. The summed E-state index contributed by atoms with van der Waals surface area (Å²) in [6.45, 7) is 5.22. The van der Waals surface area contributed by atoms with Gasteiger partial charge >= 0.3 is 0 Å². The largest absolute Gasteiger partial charge is 0.298 e. The summed E-state index contributed by atoms with van der Waals surface area (Å²) in [5.41, 5.74) is 0.598. The highest BCUT2D eigenvalue weighted by atomic mass is 35.5. The second-order valence-corrected chi connectivity index (χ2v) is 4.75. The topological polar surface area (TPSA) is 3.24 Å². The molecule has 1 aliphatic carbocycles. The molecule has 0 aromatic carbocycles. The standard InChI is InChI=1S/C11H21N.ClH/c1-11(7-3-4-8-11)12-9-5-2-6-10-12;/h2-10H2,1H3;1H. The third-order valence-corrected chi connectivity index (χ3v) is 3.80. The van der Waals surface area contributed by atoms with E-state index in [0.29, 0.717) is 5.54 Å². The molecule has 0 radical (unpaired) electrons. The van der Waals surface area contributed by atoms with Gasteiger partial charge in [-0.15, -0.1) is 12.4 Å². The van der Waals surface area contributed by atoms with E-state index >= 15 is 0 Å². The van der Waals surface area contributed by atoms with Gasteiger partial charge in [-0.2, -0.15) is 0 Å². The van der Waals surface area contributed by atoms with E-state index in [9.17, 15) is 0 Å². The van der Waals surface area contributed by atoms with Gasteiger partial charge in [0.2, 0.25) is 0 Å². The highest BCUT2D eigenvalue weighted by Gasteiger charge is 2.34. The van der Waals surface area contributed by atoms with Crippen LogP contribution in [0.4, 0.5) is 0 Å². The monoisotopic (exact) mass is 203 g/mol. The van der Waals surface area contributed by atoms with E-state index in [-0.39, 0.29) is 12.4 Å². The van der Waals surface area contributed by atoms with Gasteiger partial charge < -0.3 is 0 Å². The van der Waals surface area contributed by atoms with Crippen molar-refractivity contribution < 1.29 is 0 Å². The Morgan fingerprint density at radius 2 is 1.38 bits per heavy atom. The van der Waals surface area contributed by atoms with Crippen molar-refractivity contribution in [2.24, 2.45) is 0 Å². The molecule has 0 spiro atoms. The van der Waals surface area contributed by atoms with Gasteiger partial charge in [0, 0.05) is 5.54 Å². The molecule has 0 atom stereocenters. The average molecular weight is 204 g/mol. The Labute approximate surface area is 88.3 Å². The molecule has 0 unspecified atom stereocenters. The summed E-state index contributed by atoms with van der Waals surface area (Å²) in [5.74, 6) is 0. The fourth-order valence-corrected chi connectivity index (χ4v) is 2.89. The van der Waals surface area contributed by atoms with Crippen LogP contribution in [0, 0.1) is 0 Å². The smallest absolute Gasteiger partial charge is 0.0181 e. The lowest BCUT2D eigenvalue weighted by Gasteiger charge is -2.41. The predicted octanol–water partition coefficient (Wildman–Crippen LogP) is 3.23. The van der Waals surface area contributed by atoms with E-state index in [1.165, 1.54) is 58.0 Å². The van der Waals surface area contributed by atoms with Crippen molar-refractivity contribution in [1.29, 1.82) is 0 Å². The zero-order valence-electron chi connectivity index (χ0n) is 8.72. The van der Waals surface area contributed by atoms with Crippen molar-refractivity contribution in [3.8, 4) is 0 Å². The molecule has 13 heavy (non-hydrogen) atoms. The molecule has 2 rings (SSSR count). The third-order valence-electron chi connectivity index (χ3n) is 3.80.